The number of nitrogen functional groups attached to an aromatic ring is 1. The van der Waals surface area contributed by atoms with Crippen molar-refractivity contribution in [2.45, 2.75) is 13.0 Å². The molecule has 8 nitrogen and oxygen atoms in total. The topological polar surface area (TPSA) is 130 Å². The zero-order valence-corrected chi connectivity index (χ0v) is 11.9. The number of nitrogens with one attached hydrogen (secondary N) is 3. The lowest BCUT2D eigenvalue weighted by molar-refractivity contribution is 0.0922. The molecule has 1 amide bonds. The van der Waals surface area contributed by atoms with Gasteiger partial charge in [-0.1, -0.05) is 18.2 Å². The number of benzene rings is 1. The molecule has 0 saturated carbocycles. The molecule has 0 spiro atoms. The molecule has 0 aliphatic heterocycles. The molecular formula is C14H16N4O4. The van der Waals surface area contributed by atoms with Crippen LogP contribution < -0.4 is 27.0 Å². The van der Waals surface area contributed by atoms with Gasteiger partial charge >= 0.3 is 5.69 Å². The van der Waals surface area contributed by atoms with Crippen molar-refractivity contribution in [2.75, 3.05) is 12.3 Å². The Kier molecular flexibility index (Phi) is 4.62. The Bertz CT molecular complexity index is 766. The molecule has 5 N–H and O–H groups in total. The van der Waals surface area contributed by atoms with Crippen molar-refractivity contribution in [1.82, 2.24) is 15.3 Å². The highest BCUT2D eigenvalue weighted by Crippen LogP contribution is 2.08. The minimum atomic E-state index is -0.804. The van der Waals surface area contributed by atoms with Gasteiger partial charge in [0.15, 0.2) is 0 Å². The number of amides is 1. The smallest absolute Gasteiger partial charge is 0.326 e. The summed E-state index contributed by atoms with van der Waals surface area (Å²) in [5, 5.41) is 2.59. The van der Waals surface area contributed by atoms with Crippen LogP contribution >= 0.6 is 0 Å². The third-order valence-corrected chi connectivity index (χ3v) is 2.83. The largest absolute Gasteiger partial charge is 0.491 e. The van der Waals surface area contributed by atoms with E-state index in [1.165, 1.54) is 0 Å². The number of carbonyl (C=O) groups is 1. The van der Waals surface area contributed by atoms with Gasteiger partial charge < -0.3 is 20.8 Å². The molecule has 22 heavy (non-hydrogen) atoms. The fraction of sp³-hybridized carbons (Fsp3) is 0.214. The molecule has 0 bridgehead atoms. The van der Waals surface area contributed by atoms with E-state index >= 15 is 0 Å². The SMILES string of the molecule is CC(COc1ccccc1)NC(=O)c1[nH]c(=O)[nH]c(=O)c1N. The van der Waals surface area contributed by atoms with E-state index in [-0.39, 0.29) is 24.0 Å². The van der Waals surface area contributed by atoms with E-state index in [0.717, 1.165) is 0 Å². The number of ether oxygens (including phenoxy) is 1. The van der Waals surface area contributed by atoms with E-state index in [4.69, 9.17) is 10.5 Å². The first-order chi connectivity index (χ1) is 10.5. The highest BCUT2D eigenvalue weighted by atomic mass is 16.5. The molecule has 1 unspecified atom stereocenters. The van der Waals surface area contributed by atoms with Crippen LogP contribution in [0, 0.1) is 0 Å². The van der Waals surface area contributed by atoms with Gasteiger partial charge in [-0.25, -0.2) is 4.79 Å². The number of para-hydroxylation sites is 1. The molecule has 2 aromatic rings. The van der Waals surface area contributed by atoms with Gasteiger partial charge in [0, 0.05) is 0 Å². The van der Waals surface area contributed by atoms with Crippen LogP contribution in [0.1, 0.15) is 17.4 Å². The minimum Gasteiger partial charge on any atom is -0.491 e. The third-order valence-electron chi connectivity index (χ3n) is 2.83. The molecule has 0 radical (unpaired) electrons. The quantitative estimate of drug-likeness (QED) is 0.610. The van der Waals surface area contributed by atoms with Crippen LogP contribution in [0.15, 0.2) is 39.9 Å². The van der Waals surface area contributed by atoms with E-state index in [0.29, 0.717) is 5.75 Å². The van der Waals surface area contributed by atoms with E-state index in [2.05, 4.69) is 10.3 Å². The second-order valence-corrected chi connectivity index (χ2v) is 4.70. The predicted octanol–water partition coefficient (Wildman–Crippen LogP) is -0.157. The van der Waals surface area contributed by atoms with Crippen molar-refractivity contribution in [3.63, 3.8) is 0 Å². The third kappa shape index (κ3) is 3.75. The summed E-state index contributed by atoms with van der Waals surface area (Å²) in [4.78, 5) is 38.7. The number of nitrogens with two attached hydrogens (primary N) is 1. The zero-order chi connectivity index (χ0) is 16.1. The van der Waals surface area contributed by atoms with Crippen LogP contribution in [0.25, 0.3) is 0 Å². The number of anilines is 1. The lowest BCUT2D eigenvalue weighted by Crippen LogP contribution is -2.40. The van der Waals surface area contributed by atoms with Gasteiger partial charge in [0.25, 0.3) is 11.5 Å². The number of H-pyrrole nitrogens is 2. The predicted molar refractivity (Wildman–Crippen MR) is 81.0 cm³/mol. The number of hydrogen-bond donors (Lipinski definition) is 4. The van der Waals surface area contributed by atoms with Crippen molar-refractivity contribution in [3.05, 3.63) is 56.9 Å². The number of carbonyl (C=O) groups excluding carboxylic acids is 1. The second kappa shape index (κ2) is 6.61. The van der Waals surface area contributed by atoms with Crippen LogP contribution in [0.3, 0.4) is 0 Å². The highest BCUT2D eigenvalue weighted by Gasteiger charge is 2.16. The Labute approximate surface area is 125 Å². The van der Waals surface area contributed by atoms with Crippen molar-refractivity contribution < 1.29 is 9.53 Å². The number of aromatic amines is 2. The monoisotopic (exact) mass is 304 g/mol. The molecule has 1 heterocycles. The molecule has 116 valence electrons. The van der Waals surface area contributed by atoms with Gasteiger partial charge in [-0.15, -0.1) is 0 Å². The van der Waals surface area contributed by atoms with Crippen LogP contribution in [0.5, 0.6) is 5.75 Å². The maximum atomic E-state index is 12.0. The van der Waals surface area contributed by atoms with Crippen molar-refractivity contribution in [1.29, 1.82) is 0 Å². The summed E-state index contributed by atoms with van der Waals surface area (Å²) in [6.45, 7) is 1.95. The first-order valence-electron chi connectivity index (χ1n) is 6.58. The first-order valence-corrected chi connectivity index (χ1v) is 6.58. The van der Waals surface area contributed by atoms with Gasteiger partial charge in [0.1, 0.15) is 23.7 Å². The Balaban J connectivity index is 2.00. The summed E-state index contributed by atoms with van der Waals surface area (Å²) in [7, 11) is 0. The average molecular weight is 304 g/mol. The molecule has 8 heteroatoms. The summed E-state index contributed by atoms with van der Waals surface area (Å²) < 4.78 is 5.50. The molecule has 0 aliphatic rings. The Morgan fingerprint density at radius 1 is 1.27 bits per heavy atom. The lowest BCUT2D eigenvalue weighted by atomic mass is 10.3. The van der Waals surface area contributed by atoms with Crippen LogP contribution in [-0.2, 0) is 0 Å². The molecule has 0 aliphatic carbocycles. The summed E-state index contributed by atoms with van der Waals surface area (Å²) >= 11 is 0. The van der Waals surface area contributed by atoms with E-state index in [1.54, 1.807) is 19.1 Å². The van der Waals surface area contributed by atoms with Crippen LogP contribution in [0.4, 0.5) is 5.69 Å². The number of hydrogen-bond acceptors (Lipinski definition) is 5. The fourth-order valence-corrected chi connectivity index (χ4v) is 1.75. The molecule has 0 fully saturated rings. The maximum absolute atomic E-state index is 12.0. The van der Waals surface area contributed by atoms with E-state index in [1.807, 2.05) is 23.2 Å². The molecule has 1 aromatic carbocycles. The first kappa shape index (κ1) is 15.4. The second-order valence-electron chi connectivity index (χ2n) is 4.70. The van der Waals surface area contributed by atoms with Gasteiger partial charge in [-0.2, -0.15) is 0 Å². The van der Waals surface area contributed by atoms with Crippen molar-refractivity contribution in [3.8, 4) is 5.75 Å². The summed E-state index contributed by atoms with van der Waals surface area (Å²) in [6, 6.07) is 8.77. The minimum absolute atomic E-state index is 0.225. The Hall–Kier alpha value is -3.03. The van der Waals surface area contributed by atoms with Crippen LogP contribution in [-0.4, -0.2) is 28.5 Å². The lowest BCUT2D eigenvalue weighted by Gasteiger charge is -2.15. The average Bonchev–Trinajstić information content (AvgIpc) is 2.49. The van der Waals surface area contributed by atoms with Gasteiger partial charge in [0.2, 0.25) is 0 Å². The number of aromatic nitrogens is 2. The highest BCUT2D eigenvalue weighted by molar-refractivity contribution is 5.96. The fourth-order valence-electron chi connectivity index (χ4n) is 1.75. The van der Waals surface area contributed by atoms with E-state index in [9.17, 15) is 14.4 Å². The maximum Gasteiger partial charge on any atom is 0.326 e. The van der Waals surface area contributed by atoms with Crippen molar-refractivity contribution in [2.24, 2.45) is 0 Å². The zero-order valence-electron chi connectivity index (χ0n) is 11.9. The van der Waals surface area contributed by atoms with Gasteiger partial charge in [-0.3, -0.25) is 14.6 Å². The normalized spacial score (nSPS) is 11.7. The van der Waals surface area contributed by atoms with E-state index < -0.39 is 17.2 Å². The Morgan fingerprint density at radius 2 is 1.95 bits per heavy atom. The van der Waals surface area contributed by atoms with Gasteiger partial charge in [-0.05, 0) is 19.1 Å². The molecule has 2 rings (SSSR count). The Morgan fingerprint density at radius 3 is 2.64 bits per heavy atom. The standard InChI is InChI=1S/C14H16N4O4/c1-8(7-22-9-5-3-2-4-6-9)16-13(20)11-10(15)12(19)18-14(21)17-11/h2-6,8H,7,15H2,1H3,(H,16,20)(H2,17,18,19,21). The number of rotatable bonds is 5. The summed E-state index contributed by atoms with van der Waals surface area (Å²) in [6.07, 6.45) is 0. The van der Waals surface area contributed by atoms with Gasteiger partial charge in [0.05, 0.1) is 6.04 Å². The van der Waals surface area contributed by atoms with Crippen molar-refractivity contribution >= 4 is 11.6 Å². The summed E-state index contributed by atoms with van der Waals surface area (Å²) in [5.41, 5.74) is 3.29. The molecule has 1 atom stereocenters. The summed E-state index contributed by atoms with van der Waals surface area (Å²) in [5.74, 6) is 0.0255. The molecular weight excluding hydrogens is 288 g/mol. The van der Waals surface area contributed by atoms with Crippen LogP contribution in [0.2, 0.25) is 0 Å². The molecule has 1 aromatic heterocycles. The molecule has 0 saturated heterocycles.